The maximum atomic E-state index is 12.4. The van der Waals surface area contributed by atoms with Crippen molar-refractivity contribution in [2.45, 2.75) is 309 Å². The maximum absolute atomic E-state index is 12.4. The Balaban J connectivity index is 3.38. The molecule has 0 aliphatic rings. The summed E-state index contributed by atoms with van der Waals surface area (Å²) in [6, 6.07) is -0.627. The van der Waals surface area contributed by atoms with Crippen LogP contribution in [0.2, 0.25) is 0 Å². The molecule has 0 aromatic carbocycles. The van der Waals surface area contributed by atoms with Crippen LogP contribution >= 0.6 is 0 Å². The second kappa shape index (κ2) is 52.0. The Morgan fingerprint density at radius 3 is 1.15 bits per heavy atom. The van der Waals surface area contributed by atoms with Crippen LogP contribution in [-0.4, -0.2) is 47.4 Å². The molecule has 0 fully saturated rings. The average Bonchev–Trinajstić information content (AvgIpc) is 3.27. The van der Waals surface area contributed by atoms with Gasteiger partial charge in [-0.2, -0.15) is 0 Å². The van der Waals surface area contributed by atoms with E-state index in [0.717, 1.165) is 38.5 Å². The van der Waals surface area contributed by atoms with Crippen molar-refractivity contribution in [1.29, 1.82) is 0 Å². The van der Waals surface area contributed by atoms with Crippen molar-refractivity contribution in [3.05, 3.63) is 24.3 Å². The van der Waals surface area contributed by atoms with Crippen LogP contribution in [0.15, 0.2) is 24.3 Å². The van der Waals surface area contributed by atoms with Gasteiger partial charge in [0.25, 0.3) is 0 Å². The van der Waals surface area contributed by atoms with Gasteiger partial charge in [-0.1, -0.05) is 250 Å². The van der Waals surface area contributed by atoms with E-state index in [1.54, 1.807) is 6.08 Å². The molecule has 0 saturated carbocycles. The lowest BCUT2D eigenvalue weighted by Gasteiger charge is -2.20. The van der Waals surface area contributed by atoms with Gasteiger partial charge in [-0.05, 0) is 57.8 Å². The van der Waals surface area contributed by atoms with Crippen molar-refractivity contribution in [2.75, 3.05) is 13.2 Å². The molecule has 1 amide bonds. The van der Waals surface area contributed by atoms with Gasteiger partial charge in [0, 0.05) is 12.8 Å². The smallest absolute Gasteiger partial charge is 0.305 e. The summed E-state index contributed by atoms with van der Waals surface area (Å²) in [7, 11) is 0. The molecule has 62 heavy (non-hydrogen) atoms. The Bertz CT molecular complexity index is 966. The highest BCUT2D eigenvalue weighted by atomic mass is 16.5. The number of rotatable bonds is 51. The van der Waals surface area contributed by atoms with Gasteiger partial charge >= 0.3 is 5.97 Å². The van der Waals surface area contributed by atoms with Crippen LogP contribution in [0.25, 0.3) is 0 Å². The molecule has 0 aliphatic carbocycles. The number of carbonyl (C=O) groups excluding carboxylic acids is 2. The van der Waals surface area contributed by atoms with E-state index in [1.165, 1.54) is 231 Å². The summed E-state index contributed by atoms with van der Waals surface area (Å²) in [4.78, 5) is 24.3. The highest BCUT2D eigenvalue weighted by Gasteiger charge is 2.18. The van der Waals surface area contributed by atoms with Crippen LogP contribution in [0.4, 0.5) is 0 Å². The lowest BCUT2D eigenvalue weighted by Crippen LogP contribution is -2.45. The first-order valence-electron chi connectivity index (χ1n) is 27.6. The molecule has 366 valence electrons. The minimum atomic E-state index is -0.843. The van der Waals surface area contributed by atoms with E-state index in [9.17, 15) is 19.8 Å². The van der Waals surface area contributed by atoms with Gasteiger partial charge in [0.1, 0.15) is 0 Å². The second-order valence-electron chi connectivity index (χ2n) is 18.9. The number of ether oxygens (including phenoxy) is 1. The van der Waals surface area contributed by atoms with Gasteiger partial charge in [-0.15, -0.1) is 0 Å². The van der Waals surface area contributed by atoms with Crippen molar-refractivity contribution in [3.8, 4) is 0 Å². The van der Waals surface area contributed by atoms with Gasteiger partial charge in [-0.3, -0.25) is 9.59 Å². The quantitative estimate of drug-likeness (QED) is 0.0321. The van der Waals surface area contributed by atoms with Gasteiger partial charge in [-0.25, -0.2) is 0 Å². The molecular formula is C56H107NO5. The van der Waals surface area contributed by atoms with Crippen LogP contribution < -0.4 is 5.32 Å². The molecule has 0 aliphatic heterocycles. The van der Waals surface area contributed by atoms with E-state index in [1.807, 2.05) is 6.08 Å². The molecule has 0 aromatic rings. The molecular weight excluding hydrogens is 767 g/mol. The number of carbonyl (C=O) groups is 2. The minimum Gasteiger partial charge on any atom is -0.466 e. The van der Waals surface area contributed by atoms with Crippen LogP contribution in [0, 0.1) is 0 Å². The summed E-state index contributed by atoms with van der Waals surface area (Å²) >= 11 is 0. The van der Waals surface area contributed by atoms with Crippen LogP contribution in [0.5, 0.6) is 0 Å². The molecule has 0 rings (SSSR count). The van der Waals surface area contributed by atoms with Crippen LogP contribution in [-0.2, 0) is 14.3 Å². The van der Waals surface area contributed by atoms with Gasteiger partial charge in [0.15, 0.2) is 0 Å². The van der Waals surface area contributed by atoms with Crippen molar-refractivity contribution >= 4 is 11.9 Å². The fourth-order valence-corrected chi connectivity index (χ4v) is 8.45. The first kappa shape index (κ1) is 60.3. The first-order valence-corrected chi connectivity index (χ1v) is 27.6. The Labute approximate surface area is 386 Å². The lowest BCUT2D eigenvalue weighted by atomic mass is 10.0. The zero-order valence-corrected chi connectivity index (χ0v) is 41.6. The predicted octanol–water partition coefficient (Wildman–Crippen LogP) is 16.7. The zero-order chi connectivity index (χ0) is 45.1. The summed E-state index contributed by atoms with van der Waals surface area (Å²) in [5, 5.41) is 22.9. The predicted molar refractivity (Wildman–Crippen MR) is 269 cm³/mol. The largest absolute Gasteiger partial charge is 0.466 e. The third-order valence-electron chi connectivity index (χ3n) is 12.7. The van der Waals surface area contributed by atoms with Gasteiger partial charge in [0.05, 0.1) is 25.4 Å². The van der Waals surface area contributed by atoms with Crippen molar-refractivity contribution in [3.63, 3.8) is 0 Å². The standard InChI is InChI=1S/C56H107NO5/c1-3-5-7-9-11-13-29-34-38-42-46-50-56(61)62-51-47-43-39-35-31-28-26-24-22-20-18-16-14-15-17-19-21-23-25-27-30-33-37-41-45-49-55(60)57-53(52-58)54(59)48-44-40-36-32-12-10-8-6-4-2/h15,17,44,48,53-54,58-59H,3-14,16,18-43,45-47,49-52H2,1-2H3,(H,57,60)/b17-15-,48-44+. The third kappa shape index (κ3) is 47.8. The second-order valence-corrected chi connectivity index (χ2v) is 18.9. The van der Waals surface area contributed by atoms with Crippen LogP contribution in [0.3, 0.4) is 0 Å². The number of aliphatic hydroxyl groups excluding tert-OH is 2. The van der Waals surface area contributed by atoms with Crippen LogP contribution in [0.1, 0.15) is 296 Å². The van der Waals surface area contributed by atoms with E-state index >= 15 is 0 Å². The summed E-state index contributed by atoms with van der Waals surface area (Å²) in [5.74, 6) is -0.0612. The highest BCUT2D eigenvalue weighted by molar-refractivity contribution is 5.76. The van der Waals surface area contributed by atoms with E-state index in [-0.39, 0.29) is 18.5 Å². The average molecular weight is 874 g/mol. The van der Waals surface area contributed by atoms with Gasteiger partial charge < -0.3 is 20.3 Å². The number of unbranched alkanes of at least 4 members (excludes halogenated alkanes) is 38. The molecule has 2 unspecified atom stereocenters. The number of hydrogen-bond donors (Lipinski definition) is 3. The summed E-state index contributed by atoms with van der Waals surface area (Å²) in [6.45, 7) is 4.87. The number of nitrogens with one attached hydrogen (secondary N) is 1. The number of esters is 1. The van der Waals surface area contributed by atoms with E-state index in [2.05, 4.69) is 31.3 Å². The topological polar surface area (TPSA) is 95.9 Å². The molecule has 6 heteroatoms. The molecule has 3 N–H and O–H groups in total. The monoisotopic (exact) mass is 874 g/mol. The van der Waals surface area contributed by atoms with E-state index in [4.69, 9.17) is 4.74 Å². The van der Waals surface area contributed by atoms with E-state index < -0.39 is 12.1 Å². The number of amides is 1. The first-order chi connectivity index (χ1) is 30.5. The van der Waals surface area contributed by atoms with Gasteiger partial charge in [0.2, 0.25) is 5.91 Å². The molecule has 0 aromatic heterocycles. The summed E-state index contributed by atoms with van der Waals surface area (Å²) in [6.07, 6.45) is 62.1. The molecule has 2 atom stereocenters. The fraction of sp³-hybridized carbons (Fsp3) is 0.893. The molecule has 0 saturated heterocycles. The molecule has 0 spiro atoms. The van der Waals surface area contributed by atoms with Crippen molar-refractivity contribution in [2.24, 2.45) is 0 Å². The molecule has 0 bridgehead atoms. The molecule has 0 heterocycles. The Kier molecular flexibility index (Phi) is 50.6. The number of hydrogen-bond acceptors (Lipinski definition) is 5. The zero-order valence-electron chi connectivity index (χ0n) is 41.6. The summed E-state index contributed by atoms with van der Waals surface area (Å²) < 4.78 is 5.46. The molecule has 6 nitrogen and oxygen atoms in total. The number of aliphatic hydroxyl groups is 2. The van der Waals surface area contributed by atoms with Crippen molar-refractivity contribution in [1.82, 2.24) is 5.32 Å². The lowest BCUT2D eigenvalue weighted by molar-refractivity contribution is -0.143. The minimum absolute atomic E-state index is 0.0123. The third-order valence-corrected chi connectivity index (χ3v) is 12.7. The molecule has 0 radical (unpaired) electrons. The highest BCUT2D eigenvalue weighted by Crippen LogP contribution is 2.16. The Morgan fingerprint density at radius 1 is 0.435 bits per heavy atom. The SMILES string of the molecule is CCCCCCCCC/C=C/C(O)C(CO)NC(=O)CCCCCCCCCCC/C=C\CCCCCCCCCCCCCCOC(=O)CCCCCCCCCCCCC. The maximum Gasteiger partial charge on any atom is 0.305 e. The Morgan fingerprint density at radius 2 is 0.758 bits per heavy atom. The fourth-order valence-electron chi connectivity index (χ4n) is 8.45. The summed E-state index contributed by atoms with van der Waals surface area (Å²) in [5.41, 5.74) is 0. The normalized spacial score (nSPS) is 12.8. The Hall–Kier alpha value is -1.66. The van der Waals surface area contributed by atoms with Crippen molar-refractivity contribution < 1.29 is 24.5 Å². The number of allylic oxidation sites excluding steroid dienone is 3. The van der Waals surface area contributed by atoms with E-state index in [0.29, 0.717) is 19.4 Å².